The predicted octanol–water partition coefficient (Wildman–Crippen LogP) is 1.23. The van der Waals surface area contributed by atoms with Crippen molar-refractivity contribution in [2.45, 2.75) is 12.8 Å². The largest absolute Gasteiger partial charge is 0.469 e. The molecule has 0 atom stereocenters. The molecule has 0 aromatic carbocycles. The molecule has 1 aromatic rings. The SMILES string of the molecule is COC(=O)Cc1cc(N)nc([N+](=O)[O-])c1C(F)F. The number of alkyl halides is 2. The van der Waals surface area contributed by atoms with Crippen molar-refractivity contribution in [2.24, 2.45) is 0 Å². The van der Waals surface area contributed by atoms with Crippen LogP contribution in [-0.2, 0) is 16.0 Å². The van der Waals surface area contributed by atoms with E-state index < -0.39 is 35.1 Å². The number of carbonyl (C=O) groups is 1. The van der Waals surface area contributed by atoms with Crippen molar-refractivity contribution in [3.63, 3.8) is 0 Å². The number of esters is 1. The second-order valence-corrected chi connectivity index (χ2v) is 3.25. The standard InChI is InChI=1S/C9H9F2N3O4/c1-18-6(15)3-4-2-5(12)13-9(14(16)17)7(4)8(10)11/h2,8H,3H2,1H3,(H2,12,13). The highest BCUT2D eigenvalue weighted by atomic mass is 19.3. The summed E-state index contributed by atoms with van der Waals surface area (Å²) in [7, 11) is 1.07. The number of hydrogen-bond donors (Lipinski definition) is 1. The minimum Gasteiger partial charge on any atom is -0.469 e. The quantitative estimate of drug-likeness (QED) is 0.496. The smallest absolute Gasteiger partial charge is 0.375 e. The minimum atomic E-state index is -3.14. The summed E-state index contributed by atoms with van der Waals surface area (Å²) in [5.74, 6) is -2.18. The number of pyridine rings is 1. The molecule has 0 aliphatic rings. The second-order valence-electron chi connectivity index (χ2n) is 3.25. The van der Waals surface area contributed by atoms with Gasteiger partial charge >= 0.3 is 11.8 Å². The van der Waals surface area contributed by atoms with Crippen LogP contribution in [0.4, 0.5) is 20.4 Å². The van der Waals surface area contributed by atoms with Crippen LogP contribution in [-0.4, -0.2) is 23.0 Å². The van der Waals surface area contributed by atoms with Gasteiger partial charge in [0.05, 0.1) is 13.5 Å². The molecule has 0 unspecified atom stereocenters. The number of hydrogen-bond acceptors (Lipinski definition) is 6. The predicted molar refractivity (Wildman–Crippen MR) is 56.0 cm³/mol. The summed E-state index contributed by atoms with van der Waals surface area (Å²) >= 11 is 0. The number of nitrogens with zero attached hydrogens (tertiary/aromatic N) is 2. The molecule has 0 saturated heterocycles. The molecule has 0 bridgehead atoms. The number of aromatic nitrogens is 1. The molecule has 1 rings (SSSR count). The molecule has 0 aliphatic carbocycles. The van der Waals surface area contributed by atoms with Crippen molar-refractivity contribution in [3.8, 4) is 0 Å². The van der Waals surface area contributed by atoms with E-state index in [2.05, 4.69) is 9.72 Å². The Morgan fingerprint density at radius 1 is 1.67 bits per heavy atom. The van der Waals surface area contributed by atoms with Crippen molar-refractivity contribution >= 4 is 17.6 Å². The Morgan fingerprint density at radius 2 is 2.28 bits per heavy atom. The van der Waals surface area contributed by atoms with E-state index >= 15 is 0 Å². The molecule has 18 heavy (non-hydrogen) atoms. The highest BCUT2D eigenvalue weighted by Gasteiger charge is 2.29. The zero-order valence-electron chi connectivity index (χ0n) is 9.22. The molecule has 0 radical (unpaired) electrons. The van der Waals surface area contributed by atoms with Gasteiger partial charge in [0, 0.05) is 6.07 Å². The summed E-state index contributed by atoms with van der Waals surface area (Å²) in [6.07, 6.45) is -3.68. The molecule has 1 heterocycles. The van der Waals surface area contributed by atoms with Crippen LogP contribution < -0.4 is 5.73 Å². The lowest BCUT2D eigenvalue weighted by atomic mass is 10.1. The molecule has 0 spiro atoms. The highest BCUT2D eigenvalue weighted by Crippen LogP contribution is 2.32. The zero-order chi connectivity index (χ0) is 13.9. The van der Waals surface area contributed by atoms with Gasteiger partial charge in [0.15, 0.2) is 0 Å². The van der Waals surface area contributed by atoms with Crippen LogP contribution in [0.1, 0.15) is 17.6 Å². The van der Waals surface area contributed by atoms with Crippen molar-refractivity contribution in [2.75, 3.05) is 12.8 Å². The van der Waals surface area contributed by atoms with Crippen LogP contribution in [0.3, 0.4) is 0 Å². The molecule has 0 amide bonds. The lowest BCUT2D eigenvalue weighted by molar-refractivity contribution is -0.390. The molecular formula is C9H9F2N3O4. The van der Waals surface area contributed by atoms with E-state index in [0.29, 0.717) is 0 Å². The van der Waals surface area contributed by atoms with E-state index in [1.807, 2.05) is 0 Å². The van der Waals surface area contributed by atoms with Gasteiger partial charge in [-0.15, -0.1) is 0 Å². The Bertz CT molecular complexity index is 493. The average molecular weight is 261 g/mol. The molecule has 9 heteroatoms. The van der Waals surface area contributed by atoms with Crippen LogP contribution >= 0.6 is 0 Å². The summed E-state index contributed by atoms with van der Waals surface area (Å²) in [5, 5.41) is 10.6. The lowest BCUT2D eigenvalue weighted by Gasteiger charge is -2.08. The molecule has 7 nitrogen and oxygen atoms in total. The molecule has 0 saturated carbocycles. The van der Waals surface area contributed by atoms with E-state index in [1.165, 1.54) is 0 Å². The topological polar surface area (TPSA) is 108 Å². The lowest BCUT2D eigenvalue weighted by Crippen LogP contribution is -2.11. The molecule has 1 aromatic heterocycles. The van der Waals surface area contributed by atoms with E-state index in [4.69, 9.17) is 5.73 Å². The van der Waals surface area contributed by atoms with Gasteiger partial charge in [0.25, 0.3) is 6.43 Å². The van der Waals surface area contributed by atoms with E-state index in [-0.39, 0.29) is 11.4 Å². The number of nitrogen functional groups attached to an aromatic ring is 1. The molecular weight excluding hydrogens is 252 g/mol. The van der Waals surface area contributed by atoms with Crippen molar-refractivity contribution in [1.82, 2.24) is 4.98 Å². The zero-order valence-corrected chi connectivity index (χ0v) is 9.22. The first-order valence-corrected chi connectivity index (χ1v) is 4.65. The number of methoxy groups -OCH3 is 1. The number of anilines is 1. The Balaban J connectivity index is 3.38. The third-order valence-corrected chi connectivity index (χ3v) is 2.10. The van der Waals surface area contributed by atoms with Crippen LogP contribution in [0.5, 0.6) is 0 Å². The summed E-state index contributed by atoms with van der Waals surface area (Å²) in [5.41, 5.74) is 4.09. The van der Waals surface area contributed by atoms with E-state index in [9.17, 15) is 23.7 Å². The number of carbonyl (C=O) groups excluding carboxylic acids is 1. The molecule has 98 valence electrons. The molecule has 0 fully saturated rings. The second kappa shape index (κ2) is 5.34. The van der Waals surface area contributed by atoms with Crippen LogP contribution in [0.25, 0.3) is 0 Å². The fourth-order valence-corrected chi connectivity index (χ4v) is 1.37. The van der Waals surface area contributed by atoms with Crippen LogP contribution in [0, 0.1) is 10.1 Å². The van der Waals surface area contributed by atoms with Crippen LogP contribution in [0.2, 0.25) is 0 Å². The summed E-state index contributed by atoms with van der Waals surface area (Å²) in [4.78, 5) is 23.8. The Morgan fingerprint density at radius 3 is 2.72 bits per heavy atom. The van der Waals surface area contributed by atoms with Crippen LogP contribution in [0.15, 0.2) is 6.07 Å². The summed E-state index contributed by atoms with van der Waals surface area (Å²) in [6, 6.07) is 0.991. The van der Waals surface area contributed by atoms with Gasteiger partial charge < -0.3 is 20.6 Å². The fraction of sp³-hybridized carbons (Fsp3) is 0.333. The summed E-state index contributed by atoms with van der Waals surface area (Å²) < 4.78 is 29.9. The van der Waals surface area contributed by atoms with Gasteiger partial charge in [-0.05, 0) is 15.5 Å². The maximum Gasteiger partial charge on any atom is 0.375 e. The first-order valence-electron chi connectivity index (χ1n) is 4.65. The van der Waals surface area contributed by atoms with Gasteiger partial charge in [-0.3, -0.25) is 4.79 Å². The first kappa shape index (κ1) is 13.7. The third kappa shape index (κ3) is 2.87. The van der Waals surface area contributed by atoms with Gasteiger partial charge in [-0.25, -0.2) is 8.78 Å². The van der Waals surface area contributed by atoms with E-state index in [1.54, 1.807) is 0 Å². The highest BCUT2D eigenvalue weighted by molar-refractivity contribution is 5.74. The van der Waals surface area contributed by atoms with E-state index in [0.717, 1.165) is 13.2 Å². The minimum absolute atomic E-state index is 0.268. The van der Waals surface area contributed by atoms with Gasteiger partial charge in [0.2, 0.25) is 5.82 Å². The number of nitro groups is 1. The van der Waals surface area contributed by atoms with Crippen molar-refractivity contribution in [3.05, 3.63) is 27.3 Å². The maximum atomic E-state index is 12.8. The number of halogens is 2. The number of ether oxygens (including phenoxy) is 1. The average Bonchev–Trinajstić information content (AvgIpc) is 2.27. The first-order chi connectivity index (χ1) is 8.36. The van der Waals surface area contributed by atoms with Gasteiger partial charge in [0.1, 0.15) is 5.56 Å². The van der Waals surface area contributed by atoms with Crippen molar-refractivity contribution in [1.29, 1.82) is 0 Å². The van der Waals surface area contributed by atoms with Gasteiger partial charge in [-0.1, -0.05) is 0 Å². The normalized spacial score (nSPS) is 10.4. The fourth-order valence-electron chi connectivity index (χ4n) is 1.37. The van der Waals surface area contributed by atoms with Crippen molar-refractivity contribution < 1.29 is 23.2 Å². The third-order valence-electron chi connectivity index (χ3n) is 2.10. The molecule has 2 N–H and O–H groups in total. The summed E-state index contributed by atoms with van der Waals surface area (Å²) in [6.45, 7) is 0. The number of rotatable bonds is 4. The molecule has 0 aliphatic heterocycles. The van der Waals surface area contributed by atoms with Gasteiger partial charge in [-0.2, -0.15) is 0 Å². The number of nitrogens with two attached hydrogens (primary N) is 1. The Kier molecular flexibility index (Phi) is 4.08. The monoisotopic (exact) mass is 261 g/mol. The Hall–Kier alpha value is -2.32. The maximum absolute atomic E-state index is 12.8. The Labute approximate surface area is 99.7 Å².